The Balaban J connectivity index is 0. The topological polar surface area (TPSA) is 28.5 Å². The zero-order valence-corrected chi connectivity index (χ0v) is 9.88. The predicted molar refractivity (Wildman–Crippen MR) is 7.93 cm³/mol. The van der Waals surface area contributed by atoms with Crippen LogP contribution in [-0.4, -0.2) is 0 Å². The zero-order chi connectivity index (χ0) is 0. The molecule has 0 amide bonds. The first-order valence-corrected chi connectivity index (χ1v) is 0. The van der Waals surface area contributed by atoms with E-state index in [1.54, 1.807) is 0 Å². The molecule has 0 spiro atoms. The molecule has 0 saturated heterocycles. The van der Waals surface area contributed by atoms with E-state index in [9.17, 15) is 0 Å². The predicted octanol–water partition coefficient (Wildman–Crippen LogP) is -5.69. The van der Waals surface area contributed by atoms with Crippen molar-refractivity contribution in [3.05, 3.63) is 0 Å². The number of halogens is 1. The molecule has 0 heterocycles. The summed E-state index contributed by atoms with van der Waals surface area (Å²) in [5.41, 5.74) is 0. The van der Waals surface area contributed by atoms with Gasteiger partial charge < -0.3 is 5.48 Å². The maximum Gasteiger partial charge on any atom is 1.00 e. The van der Waals surface area contributed by atoms with E-state index in [0.29, 0.717) is 0 Å². The van der Waals surface area contributed by atoms with E-state index in [0.717, 1.165) is 0 Å². The Labute approximate surface area is 117 Å². The fourth-order valence-electron chi connectivity index (χ4n) is 0. The summed E-state index contributed by atoms with van der Waals surface area (Å²) in [5.74, 6) is 0. The molecule has 0 aromatic rings. The van der Waals surface area contributed by atoms with Gasteiger partial charge in [-0.3, -0.25) is 0 Å². The van der Waals surface area contributed by atoms with Crippen molar-refractivity contribution in [3.8, 4) is 0 Å². The Morgan fingerprint density at radius 2 is 0.750 bits per heavy atom. The Hall–Kier alpha value is 3.52. The van der Waals surface area contributed by atoms with E-state index in [4.69, 9.17) is 0 Å². The zero-order valence-electron chi connectivity index (χ0n) is 2.82. The first kappa shape index (κ1) is 25.8. The number of hydrogen-bond donors (Lipinski definition) is 0. The summed E-state index contributed by atoms with van der Waals surface area (Å²) in [7, 11) is 0. The second-order valence-electron chi connectivity index (χ2n) is 0. The molecule has 4 heavy (non-hydrogen) atoms. The Morgan fingerprint density at radius 3 is 0.750 bits per heavy atom. The van der Waals surface area contributed by atoms with Gasteiger partial charge in [-0.05, 0) is 0 Å². The molecule has 0 unspecified atom stereocenters. The summed E-state index contributed by atoms with van der Waals surface area (Å²) in [4.78, 5) is 0. The van der Waals surface area contributed by atoms with Crippen molar-refractivity contribution in [1.82, 2.24) is 0 Å². The van der Waals surface area contributed by atoms with Crippen LogP contribution in [0.1, 0.15) is 0 Å². The first-order chi connectivity index (χ1) is 0. The average Bonchev–Trinajstić information content (AvgIpc) is 0. The molecule has 0 aliphatic rings. The molecule has 0 fully saturated rings. The molecule has 4 heteroatoms. The minimum Gasteiger partial charge on any atom is -2.00 e. The van der Waals surface area contributed by atoms with Crippen LogP contribution in [0.25, 0.3) is 0 Å². The third-order valence-electron chi connectivity index (χ3n) is 0. The Bertz CT molecular complexity index is 6.00. The van der Waals surface area contributed by atoms with Gasteiger partial charge in [-0.15, -0.1) is 12.4 Å². The normalized spacial score (nSPS) is 0. The van der Waals surface area contributed by atoms with Crippen LogP contribution in [0.3, 0.4) is 0 Å². The van der Waals surface area contributed by atoms with Gasteiger partial charge in [-0.1, -0.05) is 0 Å². The molecule has 0 atom stereocenters. The van der Waals surface area contributed by atoms with Crippen LogP contribution in [0.15, 0.2) is 0 Å². The van der Waals surface area contributed by atoms with Crippen molar-refractivity contribution in [2.75, 3.05) is 0 Å². The van der Waals surface area contributed by atoms with Crippen molar-refractivity contribution < 1.29 is 108 Å². The fraction of sp³-hybridized carbons (Fsp3) is 0. The largest absolute Gasteiger partial charge is 2.00 e. The van der Waals surface area contributed by atoms with Crippen LogP contribution >= 0.6 is 12.4 Å². The molecule has 16 valence electrons. The molecule has 0 aromatic carbocycles. The van der Waals surface area contributed by atoms with Crippen LogP contribution < -0.4 is 103 Å². The van der Waals surface area contributed by atoms with Gasteiger partial charge in [0.05, 0.1) is 0 Å². The van der Waals surface area contributed by atoms with E-state index in [1.807, 2.05) is 0 Å². The molecule has 0 rings (SSSR count). The third-order valence-corrected chi connectivity index (χ3v) is 0. The van der Waals surface area contributed by atoms with Crippen molar-refractivity contribution in [3.63, 3.8) is 0 Å². The molecule has 0 N–H and O–H groups in total. The Kier molecular flexibility index (Phi) is 103. The van der Waals surface area contributed by atoms with Gasteiger partial charge in [-0.25, -0.2) is 0 Å². The van der Waals surface area contributed by atoms with Crippen LogP contribution in [0.4, 0.5) is 0 Å². The van der Waals surface area contributed by atoms with Crippen molar-refractivity contribution >= 4 is 12.4 Å². The van der Waals surface area contributed by atoms with E-state index in [1.165, 1.54) is 0 Å². The van der Waals surface area contributed by atoms with Crippen molar-refractivity contribution in [2.45, 2.75) is 0 Å². The van der Waals surface area contributed by atoms with E-state index in [-0.39, 0.29) is 121 Å². The van der Waals surface area contributed by atoms with Gasteiger partial charge in [0, 0.05) is 0 Å². The molecular weight excluding hydrogens is 130 g/mol. The van der Waals surface area contributed by atoms with Crippen LogP contribution in [0.5, 0.6) is 0 Å². The molecule has 0 radical (unpaired) electrons. The second-order valence-corrected chi connectivity index (χ2v) is 0. The molecule has 0 saturated carbocycles. The van der Waals surface area contributed by atoms with Gasteiger partial charge in [0.15, 0.2) is 0 Å². The quantitative estimate of drug-likeness (QED) is 0.293. The van der Waals surface area contributed by atoms with Gasteiger partial charge in [0.2, 0.25) is 0 Å². The summed E-state index contributed by atoms with van der Waals surface area (Å²) >= 11 is 0. The Morgan fingerprint density at radius 1 is 0.750 bits per heavy atom. The smallest absolute Gasteiger partial charge is 1.00 e. The third kappa shape index (κ3) is 9.10. The minimum absolute atomic E-state index is 0. The average molecular weight is 131 g/mol. The van der Waals surface area contributed by atoms with Gasteiger partial charge in [0.25, 0.3) is 0 Å². The SMILES string of the molecule is Cl.[K+].[K+].[O-2]. The van der Waals surface area contributed by atoms with Gasteiger partial charge >= 0.3 is 103 Å². The monoisotopic (exact) mass is 130 g/mol. The molecule has 0 bridgehead atoms. The first-order valence-electron chi connectivity index (χ1n) is 0. The molecule has 1 nitrogen and oxygen atoms in total. The standard InChI is InChI=1S/ClH.2K.O/h1H;;;/q;2*+1;-2. The second kappa shape index (κ2) is 16.0. The van der Waals surface area contributed by atoms with Crippen LogP contribution in [-0.2, 0) is 5.48 Å². The fourth-order valence-corrected chi connectivity index (χ4v) is 0. The molecular formula is HClK2O. The van der Waals surface area contributed by atoms with Crippen LogP contribution in [0.2, 0.25) is 0 Å². The molecule has 0 aliphatic heterocycles. The summed E-state index contributed by atoms with van der Waals surface area (Å²) in [6.45, 7) is 0. The summed E-state index contributed by atoms with van der Waals surface area (Å²) in [6.07, 6.45) is 0. The maximum atomic E-state index is 0. The van der Waals surface area contributed by atoms with Crippen molar-refractivity contribution in [1.29, 1.82) is 0 Å². The summed E-state index contributed by atoms with van der Waals surface area (Å²) in [5, 5.41) is 0. The number of hydrogen-bond acceptors (Lipinski definition) is 0. The maximum absolute atomic E-state index is 0. The summed E-state index contributed by atoms with van der Waals surface area (Å²) in [6, 6.07) is 0. The van der Waals surface area contributed by atoms with Crippen molar-refractivity contribution in [2.24, 2.45) is 0 Å². The van der Waals surface area contributed by atoms with Gasteiger partial charge in [0.1, 0.15) is 0 Å². The van der Waals surface area contributed by atoms with Gasteiger partial charge in [-0.2, -0.15) is 0 Å². The minimum atomic E-state index is 0. The van der Waals surface area contributed by atoms with Crippen LogP contribution in [0, 0.1) is 0 Å². The van der Waals surface area contributed by atoms with E-state index < -0.39 is 0 Å². The molecule has 0 aliphatic carbocycles. The van der Waals surface area contributed by atoms with E-state index in [2.05, 4.69) is 0 Å². The number of rotatable bonds is 0. The summed E-state index contributed by atoms with van der Waals surface area (Å²) < 4.78 is 0. The van der Waals surface area contributed by atoms with E-state index >= 15 is 0 Å². The molecule has 0 aromatic heterocycles.